The number of carboxylic acids is 1. The Morgan fingerprint density at radius 1 is 1.43 bits per heavy atom. The summed E-state index contributed by atoms with van der Waals surface area (Å²) in [5.74, 6) is -1.15. The second-order valence-electron chi connectivity index (χ2n) is 4.46. The van der Waals surface area contributed by atoms with Crippen molar-refractivity contribution in [2.75, 3.05) is 6.54 Å². The van der Waals surface area contributed by atoms with Crippen LogP contribution in [-0.4, -0.2) is 36.0 Å². The van der Waals surface area contributed by atoms with Crippen molar-refractivity contribution >= 4 is 16.0 Å². The van der Waals surface area contributed by atoms with Gasteiger partial charge < -0.3 is 10.1 Å². The molecule has 0 spiro atoms. The van der Waals surface area contributed by atoms with Crippen LogP contribution in [0, 0.1) is 6.92 Å². The molecule has 7 nitrogen and oxygen atoms in total. The zero-order valence-corrected chi connectivity index (χ0v) is 12.1. The fourth-order valence-corrected chi connectivity index (χ4v) is 3.25. The minimum absolute atomic E-state index is 0.0213. The van der Waals surface area contributed by atoms with Crippen LogP contribution >= 0.6 is 0 Å². The summed E-state index contributed by atoms with van der Waals surface area (Å²) in [5, 5.41) is 9.03. The number of hydrogen-bond donors (Lipinski definition) is 3. The lowest BCUT2D eigenvalue weighted by atomic mass is 10.1. The summed E-state index contributed by atoms with van der Waals surface area (Å²) in [6.07, 6.45) is 3.60. The van der Waals surface area contributed by atoms with Crippen LogP contribution in [-0.2, 0) is 16.4 Å². The standard InChI is InChI=1S/C13H15N3O4S/c1-9-11(13(17)18)3-2-4-12(9)21(19,20)16-6-5-10-7-14-8-15-10/h2-4,7-8,16H,5-6H2,1H3,(H,14,15)(H,17,18). The maximum atomic E-state index is 12.2. The number of sulfonamides is 1. The van der Waals surface area contributed by atoms with Crippen molar-refractivity contribution < 1.29 is 18.3 Å². The van der Waals surface area contributed by atoms with E-state index in [9.17, 15) is 13.2 Å². The monoisotopic (exact) mass is 309 g/mol. The highest BCUT2D eigenvalue weighted by Crippen LogP contribution is 2.18. The van der Waals surface area contributed by atoms with Crippen LogP contribution in [0.3, 0.4) is 0 Å². The molecular weight excluding hydrogens is 294 g/mol. The number of nitrogens with zero attached hydrogens (tertiary/aromatic N) is 1. The third-order valence-electron chi connectivity index (χ3n) is 3.05. The van der Waals surface area contributed by atoms with Gasteiger partial charge in [0.1, 0.15) is 0 Å². The Morgan fingerprint density at radius 3 is 2.81 bits per heavy atom. The highest BCUT2D eigenvalue weighted by atomic mass is 32.2. The average Bonchev–Trinajstić information content (AvgIpc) is 2.91. The molecule has 0 aliphatic rings. The van der Waals surface area contributed by atoms with Crippen molar-refractivity contribution in [1.29, 1.82) is 0 Å². The molecule has 0 aliphatic heterocycles. The smallest absolute Gasteiger partial charge is 0.335 e. The zero-order chi connectivity index (χ0) is 15.5. The molecule has 0 aliphatic carbocycles. The van der Waals surface area contributed by atoms with Gasteiger partial charge in [-0.15, -0.1) is 0 Å². The van der Waals surface area contributed by atoms with Gasteiger partial charge in [-0.2, -0.15) is 0 Å². The lowest BCUT2D eigenvalue weighted by Crippen LogP contribution is -2.27. The molecule has 0 saturated carbocycles. The number of nitrogens with one attached hydrogen (secondary N) is 2. The van der Waals surface area contributed by atoms with Crippen LogP contribution in [0.5, 0.6) is 0 Å². The minimum Gasteiger partial charge on any atom is -0.478 e. The first-order chi connectivity index (χ1) is 9.92. The lowest BCUT2D eigenvalue weighted by Gasteiger charge is -2.10. The molecule has 2 rings (SSSR count). The molecule has 0 radical (unpaired) electrons. The van der Waals surface area contributed by atoms with Gasteiger partial charge in [0.15, 0.2) is 0 Å². The Morgan fingerprint density at radius 2 is 2.19 bits per heavy atom. The summed E-state index contributed by atoms with van der Waals surface area (Å²) in [7, 11) is -3.75. The van der Waals surface area contributed by atoms with Crippen molar-refractivity contribution in [2.24, 2.45) is 0 Å². The number of benzene rings is 1. The molecular formula is C13H15N3O4S. The van der Waals surface area contributed by atoms with Crippen molar-refractivity contribution in [1.82, 2.24) is 14.7 Å². The SMILES string of the molecule is Cc1c(C(=O)O)cccc1S(=O)(=O)NCCc1cnc[nH]1. The molecule has 2 aromatic rings. The van der Waals surface area contributed by atoms with E-state index >= 15 is 0 Å². The Hall–Kier alpha value is -2.19. The van der Waals surface area contributed by atoms with Gasteiger partial charge in [-0.25, -0.2) is 22.9 Å². The molecule has 0 amide bonds. The molecule has 3 N–H and O–H groups in total. The summed E-state index contributed by atoms with van der Waals surface area (Å²) in [6.45, 7) is 1.67. The molecule has 1 aromatic heterocycles. The van der Waals surface area contributed by atoms with Gasteiger partial charge in [0, 0.05) is 24.9 Å². The number of imidazole rings is 1. The summed E-state index contributed by atoms with van der Waals surface area (Å²) in [5.41, 5.74) is 1.01. The second kappa shape index (κ2) is 6.06. The Labute approximate surface area is 122 Å². The molecule has 0 atom stereocenters. The van der Waals surface area contributed by atoms with Gasteiger partial charge >= 0.3 is 5.97 Å². The highest BCUT2D eigenvalue weighted by molar-refractivity contribution is 7.89. The number of H-pyrrole nitrogens is 1. The van der Waals surface area contributed by atoms with Crippen molar-refractivity contribution in [2.45, 2.75) is 18.2 Å². The van der Waals surface area contributed by atoms with Crippen LogP contribution in [0.4, 0.5) is 0 Å². The summed E-state index contributed by atoms with van der Waals surface area (Å²) in [4.78, 5) is 17.7. The van der Waals surface area contributed by atoms with E-state index in [0.29, 0.717) is 6.42 Å². The van der Waals surface area contributed by atoms with Gasteiger partial charge in [-0.1, -0.05) is 6.07 Å². The van der Waals surface area contributed by atoms with Crippen LogP contribution in [0.2, 0.25) is 0 Å². The first-order valence-corrected chi connectivity index (χ1v) is 7.70. The topological polar surface area (TPSA) is 112 Å². The van der Waals surface area contributed by atoms with Crippen molar-refractivity contribution in [3.63, 3.8) is 0 Å². The third kappa shape index (κ3) is 3.47. The van der Waals surface area contributed by atoms with Crippen molar-refractivity contribution in [3.8, 4) is 0 Å². The fraction of sp³-hybridized carbons (Fsp3) is 0.231. The van der Waals surface area contributed by atoms with E-state index in [4.69, 9.17) is 5.11 Å². The molecule has 0 unspecified atom stereocenters. The number of aromatic amines is 1. The molecule has 8 heteroatoms. The van der Waals surface area contributed by atoms with Crippen LogP contribution in [0.1, 0.15) is 21.6 Å². The van der Waals surface area contributed by atoms with Crippen molar-refractivity contribution in [3.05, 3.63) is 47.5 Å². The summed E-state index contributed by atoms with van der Waals surface area (Å²) in [6, 6.07) is 4.18. The summed E-state index contributed by atoms with van der Waals surface area (Å²) < 4.78 is 26.9. The number of hydrogen-bond acceptors (Lipinski definition) is 4. The fourth-order valence-electron chi connectivity index (χ4n) is 1.96. The predicted molar refractivity (Wildman–Crippen MR) is 75.6 cm³/mol. The van der Waals surface area contributed by atoms with Gasteiger partial charge in [-0.3, -0.25) is 0 Å². The maximum Gasteiger partial charge on any atom is 0.335 e. The van der Waals surface area contributed by atoms with Gasteiger partial charge in [0.25, 0.3) is 0 Å². The van der Waals surface area contributed by atoms with E-state index in [2.05, 4.69) is 14.7 Å². The van der Waals surface area contributed by atoms with Gasteiger partial charge in [0.05, 0.1) is 16.8 Å². The van der Waals surface area contributed by atoms with E-state index in [1.54, 1.807) is 6.20 Å². The van der Waals surface area contributed by atoms with E-state index in [0.717, 1.165) is 5.69 Å². The Bertz CT molecular complexity index is 739. The van der Waals surface area contributed by atoms with E-state index in [1.165, 1.54) is 31.5 Å². The van der Waals surface area contributed by atoms with Crippen LogP contribution in [0.25, 0.3) is 0 Å². The quantitative estimate of drug-likeness (QED) is 0.735. The van der Waals surface area contributed by atoms with Crippen LogP contribution in [0.15, 0.2) is 35.6 Å². The molecule has 1 aromatic carbocycles. The molecule has 0 bridgehead atoms. The van der Waals surface area contributed by atoms with Gasteiger partial charge in [0.2, 0.25) is 10.0 Å². The van der Waals surface area contributed by atoms with E-state index in [-0.39, 0.29) is 22.6 Å². The Balaban J connectivity index is 2.16. The maximum absolute atomic E-state index is 12.2. The minimum atomic E-state index is -3.75. The molecule has 21 heavy (non-hydrogen) atoms. The second-order valence-corrected chi connectivity index (χ2v) is 6.19. The molecule has 112 valence electrons. The number of aromatic nitrogens is 2. The molecule has 1 heterocycles. The number of carboxylic acid groups (broad SMARTS) is 1. The number of rotatable bonds is 6. The van der Waals surface area contributed by atoms with E-state index in [1.807, 2.05) is 0 Å². The van der Waals surface area contributed by atoms with E-state index < -0.39 is 16.0 Å². The van der Waals surface area contributed by atoms with Crippen LogP contribution < -0.4 is 4.72 Å². The molecule has 0 saturated heterocycles. The Kier molecular flexibility index (Phi) is 4.39. The average molecular weight is 309 g/mol. The predicted octanol–water partition coefficient (Wildman–Crippen LogP) is 0.937. The lowest BCUT2D eigenvalue weighted by molar-refractivity contribution is 0.0696. The highest BCUT2D eigenvalue weighted by Gasteiger charge is 2.20. The molecule has 0 fully saturated rings. The summed E-state index contributed by atoms with van der Waals surface area (Å²) >= 11 is 0. The largest absolute Gasteiger partial charge is 0.478 e. The number of aromatic carboxylic acids is 1. The normalized spacial score (nSPS) is 11.5. The first-order valence-electron chi connectivity index (χ1n) is 6.21. The van der Waals surface area contributed by atoms with Gasteiger partial charge in [-0.05, 0) is 24.6 Å². The third-order valence-corrected chi connectivity index (χ3v) is 4.65. The first kappa shape index (κ1) is 15.2. The number of carbonyl (C=O) groups is 1. The zero-order valence-electron chi connectivity index (χ0n) is 11.3.